The SMILES string of the molecule is COc1cc(CNc2cc(C)n(C)n2)ccc1OCC(C)C. The lowest BCUT2D eigenvalue weighted by Gasteiger charge is -2.13. The molecule has 0 spiro atoms. The van der Waals surface area contributed by atoms with Crippen LogP contribution in [0.1, 0.15) is 25.1 Å². The number of aryl methyl sites for hydroxylation is 2. The molecular weight excluding hydrogens is 278 g/mol. The molecule has 2 rings (SSSR count). The lowest BCUT2D eigenvalue weighted by atomic mass is 10.2. The normalized spacial score (nSPS) is 10.8. The van der Waals surface area contributed by atoms with Crippen molar-refractivity contribution in [3.8, 4) is 11.5 Å². The molecule has 0 fully saturated rings. The molecule has 5 heteroatoms. The fourth-order valence-electron chi connectivity index (χ4n) is 2.04. The molecule has 22 heavy (non-hydrogen) atoms. The van der Waals surface area contributed by atoms with Gasteiger partial charge < -0.3 is 14.8 Å². The van der Waals surface area contributed by atoms with Gasteiger partial charge in [-0.05, 0) is 30.5 Å². The zero-order valence-electron chi connectivity index (χ0n) is 14.0. The van der Waals surface area contributed by atoms with Crippen molar-refractivity contribution in [1.82, 2.24) is 9.78 Å². The summed E-state index contributed by atoms with van der Waals surface area (Å²) in [5.41, 5.74) is 2.24. The van der Waals surface area contributed by atoms with Crippen LogP contribution in [0, 0.1) is 12.8 Å². The van der Waals surface area contributed by atoms with E-state index >= 15 is 0 Å². The highest BCUT2D eigenvalue weighted by atomic mass is 16.5. The molecule has 0 saturated heterocycles. The summed E-state index contributed by atoms with van der Waals surface area (Å²) in [4.78, 5) is 0. The van der Waals surface area contributed by atoms with Gasteiger partial charge in [-0.1, -0.05) is 19.9 Å². The van der Waals surface area contributed by atoms with Crippen LogP contribution < -0.4 is 14.8 Å². The van der Waals surface area contributed by atoms with Gasteiger partial charge in [-0.25, -0.2) is 0 Å². The van der Waals surface area contributed by atoms with Crippen molar-refractivity contribution in [3.05, 3.63) is 35.5 Å². The second kappa shape index (κ2) is 7.20. The second-order valence-electron chi connectivity index (χ2n) is 5.84. The number of nitrogens with one attached hydrogen (secondary N) is 1. The minimum absolute atomic E-state index is 0.485. The highest BCUT2D eigenvalue weighted by Gasteiger charge is 2.07. The van der Waals surface area contributed by atoms with E-state index in [0.717, 1.165) is 28.6 Å². The number of aromatic nitrogens is 2. The van der Waals surface area contributed by atoms with Crippen molar-refractivity contribution in [1.29, 1.82) is 0 Å². The molecule has 2 aromatic rings. The van der Waals surface area contributed by atoms with Crippen molar-refractivity contribution in [3.63, 3.8) is 0 Å². The Morgan fingerprint density at radius 2 is 2.00 bits per heavy atom. The standard InChI is InChI=1S/C17H25N3O2/c1-12(2)11-22-15-7-6-14(9-16(15)21-5)10-18-17-8-13(3)20(4)19-17/h6-9,12H,10-11H2,1-5H3,(H,18,19). The molecular formula is C17H25N3O2. The topological polar surface area (TPSA) is 48.3 Å². The molecule has 0 aliphatic rings. The van der Waals surface area contributed by atoms with Gasteiger partial charge in [-0.3, -0.25) is 4.68 Å². The number of methoxy groups -OCH3 is 1. The van der Waals surface area contributed by atoms with Gasteiger partial charge in [-0.15, -0.1) is 0 Å². The first-order valence-electron chi connectivity index (χ1n) is 7.54. The maximum absolute atomic E-state index is 5.77. The van der Waals surface area contributed by atoms with Crippen LogP contribution in [0.2, 0.25) is 0 Å². The van der Waals surface area contributed by atoms with Crippen LogP contribution in [0.25, 0.3) is 0 Å². The zero-order chi connectivity index (χ0) is 16.1. The van der Waals surface area contributed by atoms with Crippen LogP contribution in [-0.4, -0.2) is 23.5 Å². The summed E-state index contributed by atoms with van der Waals surface area (Å²) >= 11 is 0. The van der Waals surface area contributed by atoms with Gasteiger partial charge in [-0.2, -0.15) is 5.10 Å². The minimum Gasteiger partial charge on any atom is -0.493 e. The monoisotopic (exact) mass is 303 g/mol. The maximum Gasteiger partial charge on any atom is 0.161 e. The van der Waals surface area contributed by atoms with E-state index in [2.05, 4.69) is 24.3 Å². The lowest BCUT2D eigenvalue weighted by molar-refractivity contribution is 0.257. The molecule has 120 valence electrons. The average Bonchev–Trinajstić information content (AvgIpc) is 2.81. The van der Waals surface area contributed by atoms with E-state index < -0.39 is 0 Å². The first kappa shape index (κ1) is 16.2. The maximum atomic E-state index is 5.77. The fourth-order valence-corrected chi connectivity index (χ4v) is 2.04. The van der Waals surface area contributed by atoms with E-state index in [1.54, 1.807) is 7.11 Å². The van der Waals surface area contributed by atoms with Gasteiger partial charge in [0.15, 0.2) is 11.5 Å². The average molecular weight is 303 g/mol. The van der Waals surface area contributed by atoms with E-state index in [0.29, 0.717) is 19.1 Å². The van der Waals surface area contributed by atoms with Crippen LogP contribution in [0.5, 0.6) is 11.5 Å². The number of anilines is 1. The van der Waals surface area contributed by atoms with Gasteiger partial charge in [0, 0.05) is 25.4 Å². The number of rotatable bonds is 7. The Labute approximate surface area is 132 Å². The Morgan fingerprint density at radius 3 is 2.59 bits per heavy atom. The molecule has 0 saturated carbocycles. The molecule has 5 nitrogen and oxygen atoms in total. The minimum atomic E-state index is 0.485. The van der Waals surface area contributed by atoms with E-state index in [1.807, 2.05) is 42.9 Å². The summed E-state index contributed by atoms with van der Waals surface area (Å²) in [6.07, 6.45) is 0. The Hall–Kier alpha value is -2.17. The number of nitrogens with zero attached hydrogens (tertiary/aromatic N) is 2. The Bertz CT molecular complexity index is 601. The van der Waals surface area contributed by atoms with E-state index in [-0.39, 0.29) is 0 Å². The lowest BCUT2D eigenvalue weighted by Crippen LogP contribution is -2.06. The largest absolute Gasteiger partial charge is 0.493 e. The Morgan fingerprint density at radius 1 is 1.23 bits per heavy atom. The highest BCUT2D eigenvalue weighted by molar-refractivity contribution is 5.44. The van der Waals surface area contributed by atoms with Crippen molar-refractivity contribution in [2.45, 2.75) is 27.3 Å². The van der Waals surface area contributed by atoms with Gasteiger partial charge in [0.2, 0.25) is 0 Å². The summed E-state index contributed by atoms with van der Waals surface area (Å²) < 4.78 is 13.0. The van der Waals surface area contributed by atoms with Crippen LogP contribution in [0.3, 0.4) is 0 Å². The van der Waals surface area contributed by atoms with Gasteiger partial charge in [0.05, 0.1) is 13.7 Å². The van der Waals surface area contributed by atoms with Gasteiger partial charge >= 0.3 is 0 Å². The van der Waals surface area contributed by atoms with Crippen LogP contribution >= 0.6 is 0 Å². The Kier molecular flexibility index (Phi) is 5.31. The van der Waals surface area contributed by atoms with E-state index in [4.69, 9.17) is 9.47 Å². The summed E-state index contributed by atoms with van der Waals surface area (Å²) in [6.45, 7) is 7.65. The van der Waals surface area contributed by atoms with Crippen molar-refractivity contribution >= 4 is 5.82 Å². The van der Waals surface area contributed by atoms with E-state index in [1.165, 1.54) is 0 Å². The second-order valence-corrected chi connectivity index (χ2v) is 5.84. The molecule has 0 radical (unpaired) electrons. The first-order chi connectivity index (χ1) is 10.5. The van der Waals surface area contributed by atoms with Crippen molar-refractivity contribution in [2.24, 2.45) is 13.0 Å². The summed E-state index contributed by atoms with van der Waals surface area (Å²) in [6, 6.07) is 8.03. The molecule has 1 aromatic carbocycles. The van der Waals surface area contributed by atoms with Crippen molar-refractivity contribution < 1.29 is 9.47 Å². The van der Waals surface area contributed by atoms with Crippen molar-refractivity contribution in [2.75, 3.05) is 19.0 Å². The number of hydrogen-bond donors (Lipinski definition) is 1. The summed E-state index contributed by atoms with van der Waals surface area (Å²) in [5, 5.41) is 7.70. The number of ether oxygens (including phenoxy) is 2. The predicted molar refractivity (Wildman–Crippen MR) is 88.6 cm³/mol. The quantitative estimate of drug-likeness (QED) is 0.852. The molecule has 0 atom stereocenters. The summed E-state index contributed by atoms with van der Waals surface area (Å²) in [5.74, 6) is 2.91. The third-order valence-electron chi connectivity index (χ3n) is 3.39. The fraction of sp³-hybridized carbons (Fsp3) is 0.471. The predicted octanol–water partition coefficient (Wildman–Crippen LogP) is 3.38. The molecule has 0 bridgehead atoms. The smallest absolute Gasteiger partial charge is 0.161 e. The zero-order valence-corrected chi connectivity index (χ0v) is 14.0. The van der Waals surface area contributed by atoms with E-state index in [9.17, 15) is 0 Å². The number of hydrogen-bond acceptors (Lipinski definition) is 4. The number of benzene rings is 1. The molecule has 0 unspecified atom stereocenters. The van der Waals surface area contributed by atoms with Crippen LogP contribution in [0.4, 0.5) is 5.82 Å². The third-order valence-corrected chi connectivity index (χ3v) is 3.39. The molecule has 1 N–H and O–H groups in total. The molecule has 0 amide bonds. The molecule has 1 heterocycles. The molecule has 0 aliphatic heterocycles. The van der Waals surface area contributed by atoms with Gasteiger partial charge in [0.1, 0.15) is 5.82 Å². The first-order valence-corrected chi connectivity index (χ1v) is 7.54. The summed E-state index contributed by atoms with van der Waals surface area (Å²) in [7, 11) is 3.60. The third kappa shape index (κ3) is 4.16. The molecule has 1 aromatic heterocycles. The Balaban J connectivity index is 2.02. The van der Waals surface area contributed by atoms with Gasteiger partial charge in [0.25, 0.3) is 0 Å². The van der Waals surface area contributed by atoms with Crippen LogP contribution in [0.15, 0.2) is 24.3 Å². The van der Waals surface area contributed by atoms with Crippen LogP contribution in [-0.2, 0) is 13.6 Å². The highest BCUT2D eigenvalue weighted by Crippen LogP contribution is 2.28. The molecule has 0 aliphatic carbocycles.